The summed E-state index contributed by atoms with van der Waals surface area (Å²) in [4.78, 5) is 18.0. The fourth-order valence-electron chi connectivity index (χ4n) is 3.37. The number of aliphatic hydroxyl groups is 1. The van der Waals surface area contributed by atoms with Gasteiger partial charge in [-0.2, -0.15) is 13.2 Å². The lowest BCUT2D eigenvalue weighted by molar-refractivity contribution is -0.231. The van der Waals surface area contributed by atoms with E-state index >= 15 is 0 Å². The lowest BCUT2D eigenvalue weighted by Gasteiger charge is -2.30. The predicted molar refractivity (Wildman–Crippen MR) is 115 cm³/mol. The summed E-state index contributed by atoms with van der Waals surface area (Å²) in [6, 6.07) is 12.0. The Hall–Kier alpha value is -2.84. The Labute approximate surface area is 181 Å². The van der Waals surface area contributed by atoms with E-state index in [0.29, 0.717) is 33.5 Å². The summed E-state index contributed by atoms with van der Waals surface area (Å²) in [7, 11) is 1.39. The van der Waals surface area contributed by atoms with Crippen LogP contribution in [0.2, 0.25) is 5.02 Å². The van der Waals surface area contributed by atoms with Crippen LogP contribution in [0.1, 0.15) is 24.8 Å². The smallest absolute Gasteiger partial charge is 0.422 e. The van der Waals surface area contributed by atoms with E-state index < -0.39 is 24.1 Å². The highest BCUT2D eigenvalue weighted by Crippen LogP contribution is 2.40. The third-order valence-electron chi connectivity index (χ3n) is 4.99. The number of methoxy groups -OCH3 is 1. The first kappa shape index (κ1) is 22.8. The monoisotopic (exact) mass is 452 g/mol. The summed E-state index contributed by atoms with van der Waals surface area (Å²) in [6.45, 7) is 1.55. The number of fused-ring (bicyclic) bond motifs is 1. The molecule has 1 heterocycles. The van der Waals surface area contributed by atoms with Gasteiger partial charge in [0.1, 0.15) is 5.75 Å². The Morgan fingerprint density at radius 3 is 2.65 bits per heavy atom. The van der Waals surface area contributed by atoms with Crippen LogP contribution in [0.5, 0.6) is 5.75 Å². The Balaban J connectivity index is 1.98. The Morgan fingerprint density at radius 2 is 1.97 bits per heavy atom. The van der Waals surface area contributed by atoms with Crippen LogP contribution in [-0.4, -0.2) is 35.2 Å². The number of halogens is 4. The second kappa shape index (κ2) is 8.72. The molecule has 0 amide bonds. The number of ether oxygens (including phenoxy) is 1. The lowest BCUT2D eigenvalue weighted by atomic mass is 9.86. The molecule has 0 spiro atoms. The molecular formula is C22H20ClF3N2O3. The van der Waals surface area contributed by atoms with E-state index in [1.54, 1.807) is 31.2 Å². The Bertz CT molecular complexity index is 1180. The van der Waals surface area contributed by atoms with Gasteiger partial charge in [0.2, 0.25) is 5.56 Å². The van der Waals surface area contributed by atoms with Crippen molar-refractivity contribution in [1.82, 2.24) is 4.98 Å². The number of alkyl halides is 3. The number of nitrogens with one attached hydrogen (secondary N) is 1. The van der Waals surface area contributed by atoms with Gasteiger partial charge in [-0.1, -0.05) is 30.7 Å². The molecule has 3 rings (SSSR count). The number of hydrogen-bond donors (Lipinski definition) is 2. The van der Waals surface area contributed by atoms with Crippen molar-refractivity contribution in [2.75, 3.05) is 7.11 Å². The van der Waals surface area contributed by atoms with Crippen LogP contribution in [0.3, 0.4) is 0 Å². The summed E-state index contributed by atoms with van der Waals surface area (Å²) in [5, 5.41) is 11.4. The van der Waals surface area contributed by atoms with E-state index in [1.165, 1.54) is 31.4 Å². The lowest BCUT2D eigenvalue weighted by Crippen LogP contribution is -2.47. The second-order valence-corrected chi connectivity index (χ2v) is 7.67. The van der Waals surface area contributed by atoms with Crippen LogP contribution in [0.15, 0.2) is 58.3 Å². The molecule has 2 N–H and O–H groups in total. The molecule has 0 aliphatic rings. The first-order chi connectivity index (χ1) is 14.5. The molecule has 2 aromatic carbocycles. The number of rotatable bonds is 6. The van der Waals surface area contributed by atoms with Gasteiger partial charge in [0, 0.05) is 22.7 Å². The maximum absolute atomic E-state index is 13.9. The van der Waals surface area contributed by atoms with Gasteiger partial charge in [-0.3, -0.25) is 9.79 Å². The molecular weight excluding hydrogens is 433 g/mol. The molecule has 5 nitrogen and oxygen atoms in total. The van der Waals surface area contributed by atoms with Crippen LogP contribution in [0, 0.1) is 0 Å². The fraction of sp³-hybridized carbons (Fsp3) is 0.273. The summed E-state index contributed by atoms with van der Waals surface area (Å²) in [5.74, 6) is -0.395. The minimum Gasteiger partial charge on any atom is -0.496 e. The zero-order chi connectivity index (χ0) is 22.8. The van der Waals surface area contributed by atoms with Crippen molar-refractivity contribution in [3.8, 4) is 5.75 Å². The number of aromatic amines is 1. The number of benzene rings is 2. The van der Waals surface area contributed by atoms with Gasteiger partial charge in [0.15, 0.2) is 5.60 Å². The van der Waals surface area contributed by atoms with Crippen molar-refractivity contribution in [1.29, 1.82) is 0 Å². The number of nitrogens with zero attached hydrogens (tertiary/aromatic N) is 1. The van der Waals surface area contributed by atoms with E-state index in [2.05, 4.69) is 9.98 Å². The molecule has 0 saturated carbocycles. The largest absolute Gasteiger partial charge is 0.496 e. The molecule has 0 radical (unpaired) electrons. The summed E-state index contributed by atoms with van der Waals surface area (Å²) in [5.41, 5.74) is -2.44. The van der Waals surface area contributed by atoms with E-state index in [1.807, 2.05) is 0 Å². The van der Waals surface area contributed by atoms with E-state index in [9.17, 15) is 23.1 Å². The van der Waals surface area contributed by atoms with Crippen molar-refractivity contribution >= 4 is 34.4 Å². The summed E-state index contributed by atoms with van der Waals surface area (Å²) < 4.78 is 46.8. The normalized spacial score (nSPS) is 15.2. The van der Waals surface area contributed by atoms with Gasteiger partial charge >= 0.3 is 6.18 Å². The van der Waals surface area contributed by atoms with Gasteiger partial charge < -0.3 is 14.8 Å². The molecule has 31 heavy (non-hydrogen) atoms. The third kappa shape index (κ3) is 4.91. The van der Waals surface area contributed by atoms with E-state index in [4.69, 9.17) is 16.3 Å². The molecule has 0 bridgehead atoms. The molecule has 2 unspecified atom stereocenters. The van der Waals surface area contributed by atoms with E-state index in [0.717, 1.165) is 0 Å². The Morgan fingerprint density at radius 1 is 1.23 bits per heavy atom. The first-order valence-corrected chi connectivity index (χ1v) is 9.72. The van der Waals surface area contributed by atoms with Crippen molar-refractivity contribution in [2.24, 2.45) is 4.99 Å². The highest BCUT2D eigenvalue weighted by atomic mass is 35.5. The second-order valence-electron chi connectivity index (χ2n) is 7.23. The quantitative estimate of drug-likeness (QED) is 0.493. The number of hydrogen-bond acceptors (Lipinski definition) is 4. The number of aliphatic imine (C=N–C) groups is 1. The molecule has 0 aliphatic heterocycles. The van der Waals surface area contributed by atoms with Crippen molar-refractivity contribution in [3.05, 3.63) is 69.5 Å². The maximum Gasteiger partial charge on any atom is 0.422 e. The first-order valence-electron chi connectivity index (χ1n) is 9.34. The molecule has 0 fully saturated rings. The summed E-state index contributed by atoms with van der Waals surface area (Å²) in [6.07, 6.45) is -5.14. The molecule has 1 aromatic heterocycles. The maximum atomic E-state index is 13.9. The number of aromatic nitrogens is 1. The van der Waals surface area contributed by atoms with E-state index in [-0.39, 0.29) is 11.2 Å². The minimum atomic E-state index is -4.97. The van der Waals surface area contributed by atoms with Gasteiger partial charge in [-0.15, -0.1) is 0 Å². The molecule has 3 aromatic rings. The average Bonchev–Trinajstić information content (AvgIpc) is 2.70. The highest BCUT2D eigenvalue weighted by molar-refractivity contribution is 6.30. The third-order valence-corrected chi connectivity index (χ3v) is 5.23. The minimum absolute atomic E-state index is 0.188. The van der Waals surface area contributed by atoms with Crippen LogP contribution in [-0.2, 0) is 0 Å². The molecule has 9 heteroatoms. The highest BCUT2D eigenvalue weighted by Gasteiger charge is 2.53. The zero-order valence-corrected chi connectivity index (χ0v) is 17.5. The van der Waals surface area contributed by atoms with Crippen molar-refractivity contribution in [2.45, 2.75) is 31.0 Å². The topological polar surface area (TPSA) is 74.7 Å². The van der Waals surface area contributed by atoms with Gasteiger partial charge in [0.25, 0.3) is 0 Å². The van der Waals surface area contributed by atoms with Crippen LogP contribution in [0.25, 0.3) is 10.9 Å². The predicted octanol–water partition coefficient (Wildman–Crippen LogP) is 5.38. The zero-order valence-electron chi connectivity index (χ0n) is 16.7. The molecule has 0 aliphatic carbocycles. The van der Waals surface area contributed by atoms with Gasteiger partial charge in [-0.25, -0.2) is 0 Å². The van der Waals surface area contributed by atoms with Crippen molar-refractivity contribution < 1.29 is 23.0 Å². The molecule has 0 saturated heterocycles. The van der Waals surface area contributed by atoms with Gasteiger partial charge in [0.05, 0.1) is 18.3 Å². The molecule has 2 atom stereocenters. The van der Waals surface area contributed by atoms with Gasteiger partial charge in [-0.05, 0) is 48.2 Å². The van der Waals surface area contributed by atoms with Crippen LogP contribution >= 0.6 is 11.6 Å². The number of H-pyrrole nitrogens is 1. The van der Waals surface area contributed by atoms with Crippen LogP contribution < -0.4 is 10.3 Å². The SMILES string of the molecule is COc1cc(Cl)ccc1C(C)CC(O)(C=Nc1cccc2[nH]c(=O)ccc12)C(F)(F)F. The summed E-state index contributed by atoms with van der Waals surface area (Å²) >= 11 is 5.93. The van der Waals surface area contributed by atoms with Crippen molar-refractivity contribution in [3.63, 3.8) is 0 Å². The molecule has 164 valence electrons. The Kier molecular flexibility index (Phi) is 6.43. The number of pyridine rings is 1. The fourth-order valence-corrected chi connectivity index (χ4v) is 3.53. The van der Waals surface area contributed by atoms with Crippen LogP contribution in [0.4, 0.5) is 18.9 Å². The standard InChI is InChI=1S/C22H20ClF3N2O3/c1-13(15-7-6-14(23)10-19(15)31-2)11-21(30,22(24,25)26)12-27-17-4-3-5-18-16(17)8-9-20(29)28-18/h3-10,12-13,30H,11H2,1-2H3,(H,28,29). The average molecular weight is 453 g/mol.